The Bertz CT molecular complexity index is 999. The van der Waals surface area contributed by atoms with Crippen molar-refractivity contribution >= 4 is 63.0 Å². The molecule has 1 N–H and O–H groups in total. The van der Waals surface area contributed by atoms with E-state index in [4.69, 9.17) is 9.26 Å². The molecule has 1 saturated carbocycles. The monoisotopic (exact) mass is 605 g/mol. The molecule has 0 bridgehead atoms. The molecule has 10 heteroatoms. The van der Waals surface area contributed by atoms with Crippen LogP contribution in [0.4, 0.5) is 0 Å². The molecule has 1 amide bonds. The zero-order valence-corrected chi connectivity index (χ0v) is 24.7. The third-order valence-corrected chi connectivity index (χ3v) is 10.4. The van der Waals surface area contributed by atoms with Gasteiger partial charge in [0.2, 0.25) is 19.6 Å². The number of carboxylic acid groups (broad SMARTS) is 1. The van der Waals surface area contributed by atoms with Crippen molar-refractivity contribution in [2.24, 2.45) is 17.8 Å². The Morgan fingerprint density at radius 3 is 2.33 bits per heavy atom. The van der Waals surface area contributed by atoms with Gasteiger partial charge >= 0.3 is 49.7 Å². The first-order valence-electron chi connectivity index (χ1n) is 14.6. The van der Waals surface area contributed by atoms with Gasteiger partial charge in [0.15, 0.2) is 0 Å². The number of rotatable bonds is 14. The number of nitrogens with zero attached hydrogens (tertiary/aromatic N) is 1. The molecule has 2 aliphatic rings. The third kappa shape index (κ3) is 10.7. The van der Waals surface area contributed by atoms with Crippen LogP contribution < -0.4 is 0 Å². The van der Waals surface area contributed by atoms with Crippen molar-refractivity contribution in [2.45, 2.75) is 97.3 Å². The molecule has 3 rings (SSSR count). The van der Waals surface area contributed by atoms with E-state index in [2.05, 4.69) is 0 Å². The van der Waals surface area contributed by atoms with E-state index in [1.165, 1.54) is 16.9 Å². The second-order valence-electron chi connectivity index (χ2n) is 11.5. The Balaban J connectivity index is 0.00000560. The Labute approximate surface area is 269 Å². The van der Waals surface area contributed by atoms with E-state index in [-0.39, 0.29) is 68.3 Å². The Morgan fingerprint density at radius 1 is 1.05 bits per heavy atom. The van der Waals surface area contributed by atoms with Crippen LogP contribution in [-0.4, -0.2) is 96.8 Å². The van der Waals surface area contributed by atoms with E-state index in [1.54, 1.807) is 6.92 Å². The maximum absolute atomic E-state index is 14.2. The van der Waals surface area contributed by atoms with Gasteiger partial charge in [-0.2, -0.15) is 0 Å². The number of carbonyl (C=O) groups excluding carboxylic acids is 2. The second-order valence-corrected chi connectivity index (χ2v) is 14.1. The molecular formula is C30H48CaNO7P. The molecule has 222 valence electrons. The predicted molar refractivity (Wildman–Crippen MR) is 159 cm³/mol. The molecule has 2 fully saturated rings. The number of hydrogen-bond donors (Lipinski definition) is 1. The normalized spacial score (nSPS) is 21.9. The Kier molecular flexibility index (Phi) is 15.2. The van der Waals surface area contributed by atoms with Gasteiger partial charge in [-0.25, -0.2) is 4.79 Å². The molecule has 1 aliphatic heterocycles. The van der Waals surface area contributed by atoms with Crippen molar-refractivity contribution in [1.82, 2.24) is 4.90 Å². The summed E-state index contributed by atoms with van der Waals surface area (Å²) in [5.41, 5.74) is 1.18. The van der Waals surface area contributed by atoms with Gasteiger partial charge in [-0.3, -0.25) is 18.7 Å². The number of aryl methyl sites for hydroxylation is 1. The Morgan fingerprint density at radius 2 is 1.73 bits per heavy atom. The summed E-state index contributed by atoms with van der Waals surface area (Å²) in [5, 5.41) is 9.92. The Hall–Kier alpha value is -0.920. The van der Waals surface area contributed by atoms with Crippen LogP contribution in [0.25, 0.3) is 0 Å². The van der Waals surface area contributed by atoms with E-state index < -0.39 is 37.5 Å². The number of aliphatic carboxylic acids is 1. The predicted octanol–water partition coefficient (Wildman–Crippen LogP) is 5.21. The van der Waals surface area contributed by atoms with Crippen LogP contribution in [0.1, 0.15) is 84.1 Å². The van der Waals surface area contributed by atoms with Crippen LogP contribution in [0.5, 0.6) is 0 Å². The number of carbonyl (C=O) groups is 3. The van der Waals surface area contributed by atoms with E-state index >= 15 is 0 Å². The molecular weight excluding hydrogens is 557 g/mol. The summed E-state index contributed by atoms with van der Waals surface area (Å²) < 4.78 is 25.7. The fourth-order valence-electron chi connectivity index (χ4n) is 5.80. The first kappa shape index (κ1) is 35.3. The van der Waals surface area contributed by atoms with Gasteiger partial charge in [0, 0.05) is 25.0 Å². The standard InChI is InChI=1S/C30H46NO7P.Ca.2H/c1-4-28(33)37-30(22(2)3)38-39(36,18-12-11-15-23-13-7-5-8-14-23)21-27(32)31-20-25(19-26(31)29(34)35)24-16-9-6-10-17-24;;;/h5,7-8,13-14,22,24-26,30H,4,6,9-12,15-21H2,1-3H3,(H,34,35);;;/t25-,26+,30-,39-;;;/m1.../s1. The average molecular weight is 606 g/mol. The number of amides is 1. The summed E-state index contributed by atoms with van der Waals surface area (Å²) in [6, 6.07) is 9.10. The fourth-order valence-corrected chi connectivity index (χ4v) is 8.10. The van der Waals surface area contributed by atoms with Crippen molar-refractivity contribution in [1.29, 1.82) is 0 Å². The minimum absolute atomic E-state index is 0. The number of likely N-dealkylation sites (tertiary alicyclic amines) is 1. The summed E-state index contributed by atoms with van der Waals surface area (Å²) >= 11 is 0. The summed E-state index contributed by atoms with van der Waals surface area (Å²) in [6.07, 6.45) is 7.12. The van der Waals surface area contributed by atoms with Gasteiger partial charge in [0.25, 0.3) is 0 Å². The van der Waals surface area contributed by atoms with Crippen LogP contribution in [0.2, 0.25) is 0 Å². The van der Waals surface area contributed by atoms with Crippen LogP contribution in [0.15, 0.2) is 30.3 Å². The molecule has 1 aromatic rings. The molecule has 1 aromatic carbocycles. The topological polar surface area (TPSA) is 110 Å². The number of benzene rings is 1. The van der Waals surface area contributed by atoms with Crippen LogP contribution in [0.3, 0.4) is 0 Å². The maximum atomic E-state index is 14.2. The summed E-state index contributed by atoms with van der Waals surface area (Å²) in [6.45, 7) is 5.68. The number of ether oxygens (including phenoxy) is 1. The molecule has 0 aromatic heterocycles. The second kappa shape index (κ2) is 17.3. The summed E-state index contributed by atoms with van der Waals surface area (Å²) in [4.78, 5) is 39.2. The molecule has 8 nitrogen and oxygen atoms in total. The van der Waals surface area contributed by atoms with Crippen molar-refractivity contribution in [3.63, 3.8) is 0 Å². The van der Waals surface area contributed by atoms with E-state index in [9.17, 15) is 24.1 Å². The molecule has 1 saturated heterocycles. The summed E-state index contributed by atoms with van der Waals surface area (Å²) in [7, 11) is -3.60. The first-order chi connectivity index (χ1) is 18.6. The average Bonchev–Trinajstić information content (AvgIpc) is 3.38. The molecule has 4 atom stereocenters. The third-order valence-electron chi connectivity index (χ3n) is 8.07. The molecule has 1 aliphatic carbocycles. The van der Waals surface area contributed by atoms with Crippen molar-refractivity contribution in [3.05, 3.63) is 35.9 Å². The van der Waals surface area contributed by atoms with E-state index in [0.717, 1.165) is 38.5 Å². The van der Waals surface area contributed by atoms with Crippen molar-refractivity contribution in [3.8, 4) is 0 Å². The molecule has 0 spiro atoms. The van der Waals surface area contributed by atoms with Gasteiger partial charge in [0.1, 0.15) is 12.2 Å². The van der Waals surface area contributed by atoms with Gasteiger partial charge in [-0.1, -0.05) is 83.2 Å². The summed E-state index contributed by atoms with van der Waals surface area (Å²) in [5.74, 6) is -1.61. The van der Waals surface area contributed by atoms with Crippen LogP contribution >= 0.6 is 7.37 Å². The zero-order chi connectivity index (χ0) is 28.4. The quantitative estimate of drug-likeness (QED) is 0.102. The fraction of sp³-hybridized carbons (Fsp3) is 0.700. The van der Waals surface area contributed by atoms with Gasteiger partial charge < -0.3 is 14.7 Å². The van der Waals surface area contributed by atoms with Crippen molar-refractivity contribution < 1.29 is 33.3 Å². The van der Waals surface area contributed by atoms with E-state index in [0.29, 0.717) is 25.3 Å². The number of unbranched alkanes of at least 4 members (excludes halogenated alkanes) is 1. The first-order valence-corrected chi connectivity index (χ1v) is 16.6. The molecule has 1 heterocycles. The molecule has 0 unspecified atom stereocenters. The molecule has 40 heavy (non-hydrogen) atoms. The minimum atomic E-state index is -3.60. The van der Waals surface area contributed by atoms with E-state index in [1.807, 2.05) is 44.2 Å². The number of esters is 1. The van der Waals surface area contributed by atoms with Gasteiger partial charge in [0.05, 0.1) is 0 Å². The van der Waals surface area contributed by atoms with Gasteiger partial charge in [-0.15, -0.1) is 0 Å². The van der Waals surface area contributed by atoms with Crippen molar-refractivity contribution in [2.75, 3.05) is 18.9 Å². The van der Waals surface area contributed by atoms with Gasteiger partial charge in [-0.05, 0) is 43.1 Å². The zero-order valence-electron chi connectivity index (χ0n) is 23.8. The number of carboxylic acids is 1. The van der Waals surface area contributed by atoms with Crippen LogP contribution in [-0.2, 0) is 34.6 Å². The molecule has 0 radical (unpaired) electrons. The number of hydrogen-bond acceptors (Lipinski definition) is 6. The van der Waals surface area contributed by atoms with Crippen LogP contribution in [0, 0.1) is 17.8 Å². The SMILES string of the molecule is CCC(=O)O[C@H](O[P@](=O)(CCCCc1ccccc1)CC(=O)N1C[C@H](C2CCCCC2)C[C@H]1C(=O)O)C(C)C.[CaH2].